The van der Waals surface area contributed by atoms with Crippen molar-refractivity contribution < 1.29 is 4.43 Å². The highest BCUT2D eigenvalue weighted by molar-refractivity contribution is 9.09. The summed E-state index contributed by atoms with van der Waals surface area (Å²) in [6.45, 7) is 12.3. The van der Waals surface area contributed by atoms with Crippen LogP contribution in [0.4, 0.5) is 0 Å². The van der Waals surface area contributed by atoms with E-state index in [2.05, 4.69) is 117 Å². The Morgan fingerprint density at radius 3 is 1.93 bits per heavy atom. The minimum Gasteiger partial charge on any atom is -0.407 e. The first-order valence-electron chi connectivity index (χ1n) is 10.3. The van der Waals surface area contributed by atoms with Crippen molar-refractivity contribution in [3.8, 4) is 0 Å². The van der Waals surface area contributed by atoms with E-state index in [0.717, 1.165) is 24.8 Å². The molecule has 0 amide bonds. The molecule has 0 radical (unpaired) electrons. The highest BCUT2D eigenvalue weighted by atomic mass is 79.9. The number of hydrogen-bond acceptors (Lipinski definition) is 1. The second kappa shape index (κ2) is 10.6. The summed E-state index contributed by atoms with van der Waals surface area (Å²) in [7, 11) is -2.40. The van der Waals surface area contributed by atoms with Crippen molar-refractivity contribution in [1.82, 2.24) is 0 Å². The molecule has 0 aliphatic rings. The van der Waals surface area contributed by atoms with Gasteiger partial charge in [-0.05, 0) is 41.1 Å². The summed E-state index contributed by atoms with van der Waals surface area (Å²) in [5, 5.41) is 3.72. The molecular weight excluding hydrogens is 424 g/mol. The zero-order chi connectivity index (χ0) is 20.6. The van der Waals surface area contributed by atoms with E-state index in [1.54, 1.807) is 0 Å². The van der Waals surface area contributed by atoms with Crippen molar-refractivity contribution in [2.45, 2.75) is 52.5 Å². The van der Waals surface area contributed by atoms with Crippen molar-refractivity contribution in [2.75, 3.05) is 11.9 Å². The molecule has 0 bridgehead atoms. The van der Waals surface area contributed by atoms with Gasteiger partial charge in [0.2, 0.25) is 0 Å². The van der Waals surface area contributed by atoms with Gasteiger partial charge in [-0.3, -0.25) is 0 Å². The Labute approximate surface area is 181 Å². The lowest BCUT2D eigenvalue weighted by atomic mass is 10.1. The van der Waals surface area contributed by atoms with E-state index >= 15 is 0 Å². The van der Waals surface area contributed by atoms with Crippen molar-refractivity contribution >= 4 is 34.6 Å². The summed E-state index contributed by atoms with van der Waals surface area (Å²) in [5.41, 5.74) is 1.40. The van der Waals surface area contributed by atoms with Crippen LogP contribution in [0.3, 0.4) is 0 Å². The molecule has 0 aromatic heterocycles. The Bertz CT molecular complexity index is 695. The van der Waals surface area contributed by atoms with Crippen LogP contribution in [0.1, 0.15) is 47.5 Å². The van der Waals surface area contributed by atoms with Crippen LogP contribution < -0.4 is 10.4 Å². The average Bonchev–Trinajstić information content (AvgIpc) is 2.69. The zero-order valence-corrected chi connectivity index (χ0v) is 20.6. The van der Waals surface area contributed by atoms with Crippen molar-refractivity contribution in [3.63, 3.8) is 0 Å². The molecular formula is C25H35BrOSi. The Morgan fingerprint density at radius 2 is 1.50 bits per heavy atom. The van der Waals surface area contributed by atoms with Gasteiger partial charge in [-0.25, -0.2) is 0 Å². The second-order valence-electron chi connectivity index (χ2n) is 8.84. The van der Waals surface area contributed by atoms with E-state index in [4.69, 9.17) is 4.43 Å². The molecule has 1 atom stereocenters. The number of benzene rings is 2. The molecule has 28 heavy (non-hydrogen) atoms. The molecule has 0 N–H and O–H groups in total. The minimum atomic E-state index is -2.40. The van der Waals surface area contributed by atoms with E-state index in [0.29, 0.717) is 5.92 Å². The number of rotatable bonds is 9. The van der Waals surface area contributed by atoms with Gasteiger partial charge in [0.15, 0.2) is 0 Å². The third-order valence-electron chi connectivity index (χ3n) is 5.36. The first-order valence-corrected chi connectivity index (χ1v) is 13.3. The first-order chi connectivity index (χ1) is 13.3. The van der Waals surface area contributed by atoms with E-state index in [1.165, 1.54) is 15.9 Å². The molecule has 0 unspecified atom stereocenters. The maximum absolute atomic E-state index is 7.02. The molecule has 0 heterocycles. The largest absolute Gasteiger partial charge is 0.407 e. The molecule has 0 saturated heterocycles. The molecule has 0 fully saturated rings. The van der Waals surface area contributed by atoms with E-state index in [1.807, 2.05) is 0 Å². The highest BCUT2D eigenvalue weighted by Crippen LogP contribution is 2.37. The lowest BCUT2D eigenvalue weighted by Crippen LogP contribution is -2.66. The van der Waals surface area contributed by atoms with Crippen LogP contribution >= 0.6 is 15.9 Å². The molecule has 2 rings (SSSR count). The predicted octanol–water partition coefficient (Wildman–Crippen LogP) is 6.32. The van der Waals surface area contributed by atoms with E-state index < -0.39 is 8.32 Å². The molecule has 152 valence electrons. The van der Waals surface area contributed by atoms with Crippen LogP contribution in [0.2, 0.25) is 5.04 Å². The van der Waals surface area contributed by atoms with Crippen molar-refractivity contribution in [2.24, 2.45) is 5.92 Å². The molecule has 2 aromatic rings. The lowest BCUT2D eigenvalue weighted by Gasteiger charge is -2.43. The Kier molecular flexibility index (Phi) is 8.72. The molecule has 0 aliphatic carbocycles. The van der Waals surface area contributed by atoms with Gasteiger partial charge in [0, 0.05) is 11.9 Å². The van der Waals surface area contributed by atoms with Crippen LogP contribution in [0.5, 0.6) is 0 Å². The number of alkyl halides is 1. The zero-order valence-electron chi connectivity index (χ0n) is 18.0. The quantitative estimate of drug-likeness (QED) is 0.242. The number of allylic oxidation sites excluding steroid dienone is 2. The van der Waals surface area contributed by atoms with Crippen LogP contribution in [0.15, 0.2) is 72.3 Å². The summed E-state index contributed by atoms with van der Waals surface area (Å²) >= 11 is 3.52. The number of halogens is 1. The van der Waals surface area contributed by atoms with Crippen LogP contribution in [0.25, 0.3) is 0 Å². The second-order valence-corrected chi connectivity index (χ2v) is 13.7. The Hall–Kier alpha value is -1.16. The Balaban J connectivity index is 2.31. The van der Waals surface area contributed by atoms with Gasteiger partial charge in [-0.2, -0.15) is 0 Å². The predicted molar refractivity (Wildman–Crippen MR) is 130 cm³/mol. The van der Waals surface area contributed by atoms with Crippen LogP contribution in [-0.4, -0.2) is 20.3 Å². The SMILES string of the molecule is C/C(=C\CC[C@H](C)CO[Si](c1ccccc1)(c1ccccc1)C(C)(C)C)CBr. The Morgan fingerprint density at radius 1 is 1.00 bits per heavy atom. The maximum atomic E-state index is 7.02. The van der Waals surface area contributed by atoms with Gasteiger partial charge in [0.25, 0.3) is 8.32 Å². The fourth-order valence-corrected chi connectivity index (χ4v) is 8.70. The average molecular weight is 460 g/mol. The summed E-state index contributed by atoms with van der Waals surface area (Å²) in [6.07, 6.45) is 4.61. The normalized spacial score (nSPS) is 14.1. The maximum Gasteiger partial charge on any atom is 0.261 e. The van der Waals surface area contributed by atoms with Gasteiger partial charge in [-0.15, -0.1) is 0 Å². The number of hydrogen-bond donors (Lipinski definition) is 0. The molecule has 3 heteroatoms. The summed E-state index contributed by atoms with van der Waals surface area (Å²) in [5.74, 6) is 0.529. The minimum absolute atomic E-state index is 0.0435. The van der Waals surface area contributed by atoms with Crippen LogP contribution in [0, 0.1) is 5.92 Å². The molecule has 1 nitrogen and oxygen atoms in total. The van der Waals surface area contributed by atoms with Gasteiger partial charge in [0.05, 0.1) is 0 Å². The first kappa shape index (κ1) is 23.1. The van der Waals surface area contributed by atoms with Gasteiger partial charge < -0.3 is 4.43 Å². The molecule has 0 spiro atoms. The van der Waals surface area contributed by atoms with Crippen LogP contribution in [-0.2, 0) is 4.43 Å². The monoisotopic (exact) mass is 458 g/mol. The smallest absolute Gasteiger partial charge is 0.261 e. The third kappa shape index (κ3) is 5.68. The van der Waals surface area contributed by atoms with Gasteiger partial charge >= 0.3 is 0 Å². The summed E-state index contributed by atoms with van der Waals surface area (Å²) < 4.78 is 7.02. The molecule has 0 aliphatic heterocycles. The lowest BCUT2D eigenvalue weighted by molar-refractivity contribution is 0.239. The molecule has 0 saturated carbocycles. The van der Waals surface area contributed by atoms with Gasteiger partial charge in [-0.1, -0.05) is 116 Å². The fraction of sp³-hybridized carbons (Fsp3) is 0.440. The highest BCUT2D eigenvalue weighted by Gasteiger charge is 2.50. The van der Waals surface area contributed by atoms with Gasteiger partial charge in [0.1, 0.15) is 0 Å². The van der Waals surface area contributed by atoms with E-state index in [9.17, 15) is 0 Å². The van der Waals surface area contributed by atoms with Crippen molar-refractivity contribution in [3.05, 3.63) is 72.3 Å². The third-order valence-corrected chi connectivity index (χ3v) is 11.3. The van der Waals surface area contributed by atoms with E-state index in [-0.39, 0.29) is 5.04 Å². The fourth-order valence-electron chi connectivity index (χ4n) is 3.78. The van der Waals surface area contributed by atoms with Crippen molar-refractivity contribution in [1.29, 1.82) is 0 Å². The summed E-state index contributed by atoms with van der Waals surface area (Å²) in [4.78, 5) is 0. The summed E-state index contributed by atoms with van der Waals surface area (Å²) in [6, 6.07) is 21.8. The topological polar surface area (TPSA) is 9.23 Å². The standard InChI is InChI=1S/C25H35BrOSi/c1-21(19-26)13-12-14-22(2)20-27-28(25(3,4)5,23-15-8-6-9-16-23)24-17-10-7-11-18-24/h6-11,13,15-18,22H,12,14,19-20H2,1-5H3/b21-13+/t22-/m0/s1. The molecule has 2 aromatic carbocycles.